The van der Waals surface area contributed by atoms with Gasteiger partial charge in [0.05, 0.1) is 4.90 Å². The van der Waals surface area contributed by atoms with Gasteiger partial charge in [-0.25, -0.2) is 8.42 Å². The number of sulfonamides is 1. The molecule has 0 saturated heterocycles. The van der Waals surface area contributed by atoms with Crippen LogP contribution in [0.5, 0.6) is 5.75 Å². The number of amides is 1. The Hall–Kier alpha value is -3.61. The summed E-state index contributed by atoms with van der Waals surface area (Å²) in [5.41, 5.74) is 1.63. The maximum atomic E-state index is 12.7. The van der Waals surface area contributed by atoms with E-state index < -0.39 is 40.1 Å². The van der Waals surface area contributed by atoms with Crippen LogP contribution in [0.15, 0.2) is 77.7 Å². The van der Waals surface area contributed by atoms with E-state index in [9.17, 15) is 36.3 Å². The summed E-state index contributed by atoms with van der Waals surface area (Å²) in [4.78, 5) is 23.7. The van der Waals surface area contributed by atoms with Gasteiger partial charge < -0.3 is 15.2 Å². The largest absolute Gasteiger partial charge is 0.573 e. The zero-order chi connectivity index (χ0) is 27.9. The highest BCUT2D eigenvalue weighted by Crippen LogP contribution is 2.24. The molecule has 0 aliphatic rings. The van der Waals surface area contributed by atoms with Crippen LogP contribution >= 0.6 is 11.6 Å². The quantitative estimate of drug-likeness (QED) is 0.283. The van der Waals surface area contributed by atoms with E-state index in [1.54, 1.807) is 36.4 Å². The summed E-state index contributed by atoms with van der Waals surface area (Å²) in [5.74, 6) is -2.47. The molecule has 0 unspecified atom stereocenters. The molecule has 3 N–H and O–H groups in total. The van der Waals surface area contributed by atoms with Crippen molar-refractivity contribution in [1.29, 1.82) is 0 Å². The number of rotatable bonds is 11. The molecule has 0 radical (unpaired) electrons. The zero-order valence-electron chi connectivity index (χ0n) is 19.5. The first-order valence-corrected chi connectivity index (χ1v) is 13.0. The van der Waals surface area contributed by atoms with Crippen molar-refractivity contribution >= 4 is 33.5 Å². The molecule has 0 saturated carbocycles. The fourth-order valence-electron chi connectivity index (χ4n) is 3.38. The Morgan fingerprint density at radius 2 is 1.47 bits per heavy atom. The van der Waals surface area contributed by atoms with Crippen molar-refractivity contribution in [2.45, 2.75) is 30.1 Å². The fourth-order valence-corrected chi connectivity index (χ4v) is 4.72. The highest BCUT2D eigenvalue weighted by molar-refractivity contribution is 7.89. The molecule has 1 amide bonds. The number of ether oxygens (including phenoxy) is 1. The van der Waals surface area contributed by atoms with Crippen LogP contribution in [0, 0.1) is 0 Å². The maximum absolute atomic E-state index is 12.7. The van der Waals surface area contributed by atoms with Crippen molar-refractivity contribution in [3.05, 3.63) is 83.4 Å². The summed E-state index contributed by atoms with van der Waals surface area (Å²) >= 11 is 5.88. The number of carboxylic acids is 1. The van der Waals surface area contributed by atoms with Crippen LogP contribution in [-0.4, -0.2) is 44.3 Å². The molecule has 3 aromatic carbocycles. The number of aliphatic carboxylic acids is 1. The van der Waals surface area contributed by atoms with E-state index in [-0.39, 0.29) is 29.8 Å². The monoisotopic (exact) mass is 570 g/mol. The number of carboxylic acid groups (broad SMARTS) is 1. The fraction of sp³-hybridized carbons (Fsp3) is 0.200. The average molecular weight is 571 g/mol. The Morgan fingerprint density at radius 1 is 0.921 bits per heavy atom. The summed E-state index contributed by atoms with van der Waals surface area (Å²) in [6.07, 6.45) is -4.88. The van der Waals surface area contributed by atoms with Crippen LogP contribution < -0.4 is 14.8 Å². The van der Waals surface area contributed by atoms with Gasteiger partial charge >= 0.3 is 12.3 Å². The summed E-state index contributed by atoms with van der Waals surface area (Å²) in [5, 5.41) is 12.5. The standard InChI is InChI=1S/C25H22ClF3N2O6S/c26-19-9-3-16(4-10-19)17-7-13-21(14-8-17)38(35,36)31-22(24(33)34)2-1-15-30-23(32)18-5-11-20(12-6-18)37-25(27,28)29/h3-14,22,31H,1-2,15H2,(H,30,32)(H,33,34)/t22-/m0/s1. The predicted molar refractivity (Wildman–Crippen MR) is 133 cm³/mol. The molecule has 38 heavy (non-hydrogen) atoms. The van der Waals surface area contributed by atoms with Gasteiger partial charge in [0.1, 0.15) is 11.8 Å². The zero-order valence-corrected chi connectivity index (χ0v) is 21.1. The molecule has 0 aliphatic carbocycles. The summed E-state index contributed by atoms with van der Waals surface area (Å²) in [7, 11) is -4.16. The summed E-state index contributed by atoms with van der Waals surface area (Å²) in [6.45, 7) is 0.000925. The lowest BCUT2D eigenvalue weighted by Gasteiger charge is -2.15. The SMILES string of the molecule is O=C(NCCC[C@H](NS(=O)(=O)c1ccc(-c2ccc(Cl)cc2)cc1)C(=O)O)c1ccc(OC(F)(F)F)cc1. The number of halogens is 4. The molecular weight excluding hydrogens is 549 g/mol. The highest BCUT2D eigenvalue weighted by atomic mass is 35.5. The smallest absolute Gasteiger partial charge is 0.480 e. The van der Waals surface area contributed by atoms with Gasteiger partial charge in [-0.1, -0.05) is 35.9 Å². The van der Waals surface area contributed by atoms with E-state index >= 15 is 0 Å². The van der Waals surface area contributed by atoms with E-state index in [2.05, 4.69) is 14.8 Å². The molecule has 3 aromatic rings. The first kappa shape index (κ1) is 29.0. The summed E-state index contributed by atoms with van der Waals surface area (Å²) < 4.78 is 68.1. The topological polar surface area (TPSA) is 122 Å². The lowest BCUT2D eigenvalue weighted by atomic mass is 10.1. The normalized spacial score (nSPS) is 12.5. The maximum Gasteiger partial charge on any atom is 0.573 e. The highest BCUT2D eigenvalue weighted by Gasteiger charge is 2.31. The van der Waals surface area contributed by atoms with Crippen LogP contribution in [0.3, 0.4) is 0 Å². The van der Waals surface area contributed by atoms with E-state index in [1.807, 2.05) is 0 Å². The number of hydrogen-bond acceptors (Lipinski definition) is 5. The van der Waals surface area contributed by atoms with Crippen molar-refractivity contribution in [3.8, 4) is 16.9 Å². The van der Waals surface area contributed by atoms with Crippen LogP contribution in [-0.2, 0) is 14.8 Å². The Labute approximate surface area is 221 Å². The van der Waals surface area contributed by atoms with Gasteiger partial charge in [0.15, 0.2) is 0 Å². The Morgan fingerprint density at radius 3 is 2.00 bits per heavy atom. The summed E-state index contributed by atoms with van der Waals surface area (Å²) in [6, 6.07) is 15.7. The second kappa shape index (κ2) is 12.3. The third-order valence-electron chi connectivity index (χ3n) is 5.24. The van der Waals surface area contributed by atoms with Crippen LogP contribution in [0.4, 0.5) is 13.2 Å². The predicted octanol–water partition coefficient (Wildman–Crippen LogP) is 4.85. The van der Waals surface area contributed by atoms with Crippen molar-refractivity contribution in [2.75, 3.05) is 6.54 Å². The third-order valence-corrected chi connectivity index (χ3v) is 6.98. The molecule has 202 valence electrons. The van der Waals surface area contributed by atoms with E-state index in [0.717, 1.165) is 35.4 Å². The average Bonchev–Trinajstić information content (AvgIpc) is 2.85. The lowest BCUT2D eigenvalue weighted by molar-refractivity contribution is -0.274. The van der Waals surface area contributed by atoms with Gasteiger partial charge in [0, 0.05) is 17.1 Å². The molecule has 8 nitrogen and oxygen atoms in total. The molecule has 0 aromatic heterocycles. The second-order valence-electron chi connectivity index (χ2n) is 8.01. The number of carbonyl (C=O) groups is 2. The number of benzene rings is 3. The van der Waals surface area contributed by atoms with Crippen molar-refractivity contribution in [2.24, 2.45) is 0 Å². The van der Waals surface area contributed by atoms with Crippen LogP contribution in [0.1, 0.15) is 23.2 Å². The van der Waals surface area contributed by atoms with E-state index in [0.29, 0.717) is 5.02 Å². The molecule has 0 heterocycles. The lowest BCUT2D eigenvalue weighted by Crippen LogP contribution is -2.41. The Bertz CT molecular complexity index is 1360. The van der Waals surface area contributed by atoms with Gasteiger partial charge in [0.2, 0.25) is 10.0 Å². The minimum atomic E-state index is -4.85. The second-order valence-corrected chi connectivity index (χ2v) is 10.2. The molecule has 1 atom stereocenters. The Kier molecular flexibility index (Phi) is 9.36. The van der Waals surface area contributed by atoms with Crippen LogP contribution in [0.2, 0.25) is 5.02 Å². The van der Waals surface area contributed by atoms with Gasteiger partial charge in [-0.05, 0) is 72.5 Å². The number of hydrogen-bond donors (Lipinski definition) is 3. The van der Waals surface area contributed by atoms with E-state index in [1.165, 1.54) is 12.1 Å². The van der Waals surface area contributed by atoms with Gasteiger partial charge in [0.25, 0.3) is 5.91 Å². The van der Waals surface area contributed by atoms with Crippen molar-refractivity contribution < 1.29 is 41.0 Å². The first-order chi connectivity index (χ1) is 17.8. The van der Waals surface area contributed by atoms with Gasteiger partial charge in [-0.15, -0.1) is 13.2 Å². The molecule has 0 bridgehead atoms. The molecule has 0 aliphatic heterocycles. The Balaban J connectivity index is 1.53. The molecule has 3 rings (SSSR count). The first-order valence-electron chi connectivity index (χ1n) is 11.1. The van der Waals surface area contributed by atoms with Gasteiger partial charge in [-0.2, -0.15) is 4.72 Å². The van der Waals surface area contributed by atoms with Crippen LogP contribution in [0.25, 0.3) is 11.1 Å². The van der Waals surface area contributed by atoms with E-state index in [4.69, 9.17) is 11.6 Å². The minimum absolute atomic E-state index is 0.000925. The molecule has 0 spiro atoms. The van der Waals surface area contributed by atoms with Crippen molar-refractivity contribution in [3.63, 3.8) is 0 Å². The minimum Gasteiger partial charge on any atom is -0.480 e. The van der Waals surface area contributed by atoms with Crippen molar-refractivity contribution in [1.82, 2.24) is 10.0 Å². The molecule has 0 fully saturated rings. The third kappa shape index (κ3) is 8.47. The number of alkyl halides is 3. The van der Waals surface area contributed by atoms with Gasteiger partial charge in [-0.3, -0.25) is 9.59 Å². The molecular formula is C25H22ClF3N2O6S. The molecule has 13 heteroatoms. The number of nitrogens with one attached hydrogen (secondary N) is 2. The number of carbonyl (C=O) groups excluding carboxylic acids is 1.